The van der Waals surface area contributed by atoms with E-state index < -0.39 is 0 Å². The van der Waals surface area contributed by atoms with Crippen molar-refractivity contribution in [3.05, 3.63) is 78.0 Å². The monoisotopic (exact) mass is 472 g/mol. The van der Waals surface area contributed by atoms with E-state index in [1.807, 2.05) is 0 Å². The number of pyridine rings is 1. The van der Waals surface area contributed by atoms with Gasteiger partial charge in [0.05, 0.1) is 36.3 Å². The van der Waals surface area contributed by atoms with Crippen LogP contribution in [-0.4, -0.2) is 62.1 Å². The summed E-state index contributed by atoms with van der Waals surface area (Å²) in [5, 5.41) is 16.0. The number of ether oxygens (including phenoxy) is 1. The van der Waals surface area contributed by atoms with Gasteiger partial charge in [-0.05, 0) is 49.2 Å². The molecular formula is C25H24N6O4. The van der Waals surface area contributed by atoms with Gasteiger partial charge in [0.15, 0.2) is 5.78 Å². The van der Waals surface area contributed by atoms with Crippen LogP contribution in [-0.2, 0) is 4.74 Å². The first kappa shape index (κ1) is 22.6. The Hall–Kier alpha value is -4.15. The Balaban J connectivity index is 1.34. The first-order valence-electron chi connectivity index (χ1n) is 11.3. The maximum atomic E-state index is 13.3. The van der Waals surface area contributed by atoms with E-state index in [0.717, 1.165) is 12.8 Å². The van der Waals surface area contributed by atoms with Crippen molar-refractivity contribution in [3.63, 3.8) is 0 Å². The molecule has 2 atom stereocenters. The predicted molar refractivity (Wildman–Crippen MR) is 129 cm³/mol. The van der Waals surface area contributed by atoms with E-state index in [1.165, 1.54) is 6.33 Å². The zero-order valence-electron chi connectivity index (χ0n) is 18.8. The van der Waals surface area contributed by atoms with Crippen LogP contribution in [0.1, 0.15) is 39.3 Å². The summed E-state index contributed by atoms with van der Waals surface area (Å²) in [6.07, 6.45) is 6.04. The number of benzene rings is 1. The van der Waals surface area contributed by atoms with Crippen LogP contribution < -0.4 is 10.6 Å². The summed E-state index contributed by atoms with van der Waals surface area (Å²) in [6.45, 7) is 0.447. The van der Waals surface area contributed by atoms with Gasteiger partial charge in [-0.15, -0.1) is 0 Å². The molecule has 0 unspecified atom stereocenters. The molecule has 0 spiro atoms. The number of aliphatic hydroxyl groups is 1. The quantitative estimate of drug-likeness (QED) is 0.301. The van der Waals surface area contributed by atoms with E-state index in [1.54, 1.807) is 54.9 Å². The van der Waals surface area contributed by atoms with Crippen LogP contribution in [0.2, 0.25) is 0 Å². The van der Waals surface area contributed by atoms with E-state index in [2.05, 4.69) is 30.6 Å². The molecule has 178 valence electrons. The van der Waals surface area contributed by atoms with Crippen LogP contribution in [0.15, 0.2) is 61.2 Å². The number of aliphatic hydroxyl groups excluding tert-OH is 1. The second-order valence-electron chi connectivity index (χ2n) is 8.28. The third-order valence-electron chi connectivity index (χ3n) is 5.93. The average molecular weight is 473 g/mol. The lowest BCUT2D eigenvalue weighted by Gasteiger charge is -2.29. The summed E-state index contributed by atoms with van der Waals surface area (Å²) in [5.74, 6) is 0.0259. The third kappa shape index (κ3) is 4.88. The van der Waals surface area contributed by atoms with Crippen molar-refractivity contribution in [2.45, 2.75) is 25.0 Å². The number of fused-ring (bicyclic) bond motifs is 1. The van der Waals surface area contributed by atoms with Gasteiger partial charge in [-0.3, -0.25) is 14.6 Å². The number of hydrogen-bond donors (Lipinski definition) is 4. The predicted octanol–water partition coefficient (Wildman–Crippen LogP) is 2.79. The van der Waals surface area contributed by atoms with Gasteiger partial charge in [-0.1, -0.05) is 6.07 Å². The SMILES string of the molecule is O=C(Nc1ccc(C(=O)c2c[nH]c3ncnc(N[C@@H]4CC[C@H](CO)OC4)c23)cc1)c1ccccn1. The summed E-state index contributed by atoms with van der Waals surface area (Å²) in [6, 6.07) is 11.8. The van der Waals surface area contributed by atoms with Crippen molar-refractivity contribution < 1.29 is 19.4 Å². The van der Waals surface area contributed by atoms with E-state index in [-0.39, 0.29) is 30.4 Å². The normalized spacial score (nSPS) is 17.7. The zero-order chi connectivity index (χ0) is 24.2. The number of rotatable bonds is 7. The Morgan fingerprint density at radius 3 is 2.66 bits per heavy atom. The molecule has 0 saturated carbocycles. The van der Waals surface area contributed by atoms with Gasteiger partial charge in [0.25, 0.3) is 5.91 Å². The topological polar surface area (TPSA) is 142 Å². The van der Waals surface area contributed by atoms with Crippen molar-refractivity contribution >= 4 is 34.2 Å². The number of anilines is 2. The number of ketones is 1. The lowest BCUT2D eigenvalue weighted by molar-refractivity contribution is -0.0224. The van der Waals surface area contributed by atoms with Gasteiger partial charge in [0.1, 0.15) is 23.5 Å². The summed E-state index contributed by atoms with van der Waals surface area (Å²) in [7, 11) is 0. The Kier molecular flexibility index (Phi) is 6.47. The van der Waals surface area contributed by atoms with Gasteiger partial charge in [-0.2, -0.15) is 0 Å². The molecule has 10 heteroatoms. The second-order valence-corrected chi connectivity index (χ2v) is 8.28. The molecule has 0 aliphatic carbocycles. The van der Waals surface area contributed by atoms with Gasteiger partial charge in [0.2, 0.25) is 0 Å². The smallest absolute Gasteiger partial charge is 0.274 e. The molecule has 1 amide bonds. The molecule has 4 N–H and O–H groups in total. The van der Waals surface area contributed by atoms with Gasteiger partial charge >= 0.3 is 0 Å². The first-order chi connectivity index (χ1) is 17.1. The van der Waals surface area contributed by atoms with Gasteiger partial charge in [0, 0.05) is 23.6 Å². The summed E-state index contributed by atoms with van der Waals surface area (Å²) in [5.41, 5.74) is 2.32. The van der Waals surface area contributed by atoms with Crippen molar-refractivity contribution in [1.82, 2.24) is 19.9 Å². The molecule has 1 fully saturated rings. The zero-order valence-corrected chi connectivity index (χ0v) is 18.8. The highest BCUT2D eigenvalue weighted by atomic mass is 16.5. The molecule has 1 saturated heterocycles. The second kappa shape index (κ2) is 10.00. The number of H-pyrrole nitrogens is 1. The van der Waals surface area contributed by atoms with E-state index in [4.69, 9.17) is 4.74 Å². The van der Waals surface area contributed by atoms with Crippen LogP contribution in [0.25, 0.3) is 11.0 Å². The lowest BCUT2D eigenvalue weighted by atomic mass is 10.0. The molecule has 5 rings (SSSR count). The molecule has 4 heterocycles. The number of nitrogens with one attached hydrogen (secondary N) is 3. The fraction of sp³-hybridized carbons (Fsp3) is 0.240. The third-order valence-corrected chi connectivity index (χ3v) is 5.93. The summed E-state index contributed by atoms with van der Waals surface area (Å²) < 4.78 is 5.65. The number of aromatic amines is 1. The summed E-state index contributed by atoms with van der Waals surface area (Å²) >= 11 is 0. The minimum Gasteiger partial charge on any atom is -0.394 e. The summed E-state index contributed by atoms with van der Waals surface area (Å²) in [4.78, 5) is 41.4. The largest absolute Gasteiger partial charge is 0.394 e. The number of amides is 1. The van der Waals surface area contributed by atoms with Crippen molar-refractivity contribution in [2.24, 2.45) is 0 Å². The highest BCUT2D eigenvalue weighted by Crippen LogP contribution is 2.28. The number of hydrogen-bond acceptors (Lipinski definition) is 8. The Morgan fingerprint density at radius 1 is 1.09 bits per heavy atom. The van der Waals surface area contributed by atoms with Gasteiger partial charge < -0.3 is 25.5 Å². The molecule has 0 bridgehead atoms. The van der Waals surface area contributed by atoms with Crippen molar-refractivity contribution in [3.8, 4) is 0 Å². The van der Waals surface area contributed by atoms with Crippen molar-refractivity contribution in [2.75, 3.05) is 23.8 Å². The van der Waals surface area contributed by atoms with E-state index in [0.29, 0.717) is 46.0 Å². The molecule has 1 aromatic carbocycles. The minimum atomic E-state index is -0.328. The van der Waals surface area contributed by atoms with Crippen molar-refractivity contribution in [1.29, 1.82) is 0 Å². The average Bonchev–Trinajstić information content (AvgIpc) is 3.35. The molecule has 0 radical (unpaired) electrons. The van der Waals surface area contributed by atoms with Crippen LogP contribution in [0, 0.1) is 0 Å². The molecule has 1 aliphatic heterocycles. The molecular weight excluding hydrogens is 448 g/mol. The highest BCUT2D eigenvalue weighted by Gasteiger charge is 2.24. The number of carbonyl (C=O) groups excluding carboxylic acids is 2. The number of aromatic nitrogens is 4. The number of carbonyl (C=O) groups is 2. The lowest BCUT2D eigenvalue weighted by Crippen LogP contribution is -2.36. The van der Waals surface area contributed by atoms with Crippen LogP contribution in [0.3, 0.4) is 0 Å². The highest BCUT2D eigenvalue weighted by molar-refractivity contribution is 6.18. The van der Waals surface area contributed by atoms with Gasteiger partial charge in [-0.25, -0.2) is 9.97 Å². The molecule has 10 nitrogen and oxygen atoms in total. The molecule has 4 aromatic rings. The molecule has 35 heavy (non-hydrogen) atoms. The fourth-order valence-electron chi connectivity index (χ4n) is 4.06. The standard InChI is InChI=1S/C25H24N6O4/c32-12-18-9-8-17(13-35-18)30-24-21-19(11-27-23(21)28-14-29-24)22(33)15-4-6-16(7-5-15)31-25(34)20-3-1-2-10-26-20/h1-7,10-11,14,17-18,32H,8-9,12-13H2,(H,31,34)(H2,27,28,29,30)/t17-,18-/m1/s1. The molecule has 3 aromatic heterocycles. The maximum absolute atomic E-state index is 13.3. The van der Waals surface area contributed by atoms with Crippen LogP contribution >= 0.6 is 0 Å². The van der Waals surface area contributed by atoms with Crippen LogP contribution in [0.5, 0.6) is 0 Å². The van der Waals surface area contributed by atoms with E-state index >= 15 is 0 Å². The first-order valence-corrected chi connectivity index (χ1v) is 11.3. The Labute approximate surface area is 200 Å². The molecule has 1 aliphatic rings. The van der Waals surface area contributed by atoms with E-state index in [9.17, 15) is 14.7 Å². The number of nitrogens with zero attached hydrogens (tertiary/aromatic N) is 3. The van der Waals surface area contributed by atoms with Crippen LogP contribution in [0.4, 0.5) is 11.5 Å². The fourth-order valence-corrected chi connectivity index (χ4v) is 4.06. The Bertz CT molecular complexity index is 1330. The maximum Gasteiger partial charge on any atom is 0.274 e. The minimum absolute atomic E-state index is 0.00650. The Morgan fingerprint density at radius 2 is 1.94 bits per heavy atom.